The van der Waals surface area contributed by atoms with Crippen LogP contribution in [-0.2, 0) is 6.42 Å². The third-order valence-electron chi connectivity index (χ3n) is 4.03. The minimum atomic E-state index is -0.462. The van der Waals surface area contributed by atoms with Gasteiger partial charge in [0.1, 0.15) is 11.6 Å². The van der Waals surface area contributed by atoms with Crippen LogP contribution in [0.25, 0.3) is 0 Å². The van der Waals surface area contributed by atoms with E-state index in [1.807, 2.05) is 30.3 Å². The molecule has 3 aromatic carbocycles. The lowest BCUT2D eigenvalue weighted by Gasteiger charge is -2.14. The molecule has 0 spiro atoms. The Kier molecular flexibility index (Phi) is 7.32. The van der Waals surface area contributed by atoms with Gasteiger partial charge in [0, 0.05) is 10.9 Å². The van der Waals surface area contributed by atoms with Crippen molar-refractivity contribution in [3.8, 4) is 5.75 Å². The molecule has 0 unspecified atom stereocenters. The highest BCUT2D eigenvalue weighted by Gasteiger charge is 2.15. The molecule has 0 radical (unpaired) electrons. The van der Waals surface area contributed by atoms with E-state index >= 15 is 0 Å². The van der Waals surface area contributed by atoms with Crippen molar-refractivity contribution in [1.29, 1.82) is 0 Å². The Morgan fingerprint density at radius 2 is 1.76 bits per heavy atom. The van der Waals surface area contributed by atoms with Gasteiger partial charge in [-0.2, -0.15) is 0 Å². The highest BCUT2D eigenvalue weighted by atomic mass is 79.9. The summed E-state index contributed by atoms with van der Waals surface area (Å²) in [6, 6.07) is 21.2. The number of thiocarbonyl (C=S) groups is 1. The van der Waals surface area contributed by atoms with Crippen LogP contribution in [0.1, 0.15) is 15.9 Å². The molecule has 3 rings (SSSR count). The van der Waals surface area contributed by atoms with Gasteiger partial charge in [0.05, 0.1) is 17.9 Å². The van der Waals surface area contributed by atoms with Gasteiger partial charge >= 0.3 is 0 Å². The van der Waals surface area contributed by atoms with Gasteiger partial charge in [-0.3, -0.25) is 10.1 Å². The van der Waals surface area contributed by atoms with Crippen molar-refractivity contribution in [2.45, 2.75) is 6.42 Å². The van der Waals surface area contributed by atoms with Gasteiger partial charge in [-0.1, -0.05) is 58.4 Å². The fourth-order valence-corrected chi connectivity index (χ4v) is 3.18. The van der Waals surface area contributed by atoms with Crippen molar-refractivity contribution < 1.29 is 13.9 Å². The maximum absolute atomic E-state index is 13.7. The number of rotatable bonds is 6. The van der Waals surface area contributed by atoms with Crippen molar-refractivity contribution in [1.82, 2.24) is 5.32 Å². The summed E-state index contributed by atoms with van der Waals surface area (Å²) in [5.74, 6) is -0.471. The number of hydrogen-bond acceptors (Lipinski definition) is 3. The molecule has 0 bridgehead atoms. The molecular formula is C22H18BrFN2O2S. The smallest absolute Gasteiger partial charge is 0.261 e. The molecule has 1 amide bonds. The first-order valence-corrected chi connectivity index (χ1v) is 10.1. The summed E-state index contributed by atoms with van der Waals surface area (Å²) in [5, 5.41) is 5.24. The topological polar surface area (TPSA) is 50.4 Å². The number of benzene rings is 3. The maximum Gasteiger partial charge on any atom is 0.261 e. The maximum atomic E-state index is 13.7. The van der Waals surface area contributed by atoms with E-state index in [2.05, 4.69) is 26.6 Å². The zero-order valence-electron chi connectivity index (χ0n) is 15.3. The van der Waals surface area contributed by atoms with Crippen LogP contribution < -0.4 is 15.4 Å². The summed E-state index contributed by atoms with van der Waals surface area (Å²) in [7, 11) is 0. The Labute approximate surface area is 182 Å². The van der Waals surface area contributed by atoms with Crippen molar-refractivity contribution in [3.05, 3.63) is 94.2 Å². The highest BCUT2D eigenvalue weighted by Crippen LogP contribution is 2.24. The SMILES string of the molecule is O=C(NC(=S)Nc1ccccc1F)c1cc(Br)ccc1OCCc1ccccc1. The summed E-state index contributed by atoms with van der Waals surface area (Å²) in [4.78, 5) is 12.7. The minimum Gasteiger partial charge on any atom is -0.492 e. The van der Waals surface area contributed by atoms with Crippen LogP contribution in [0.5, 0.6) is 5.75 Å². The van der Waals surface area contributed by atoms with Gasteiger partial charge in [-0.05, 0) is 48.1 Å². The summed E-state index contributed by atoms with van der Waals surface area (Å²) in [6.07, 6.45) is 0.714. The van der Waals surface area contributed by atoms with Crippen LogP contribution in [0.15, 0.2) is 77.3 Å². The van der Waals surface area contributed by atoms with Crippen molar-refractivity contribution >= 4 is 44.9 Å². The van der Waals surface area contributed by atoms with E-state index in [1.165, 1.54) is 12.1 Å². The molecule has 29 heavy (non-hydrogen) atoms. The Morgan fingerprint density at radius 3 is 2.52 bits per heavy atom. The van der Waals surface area contributed by atoms with Crippen LogP contribution >= 0.6 is 28.1 Å². The molecule has 0 aliphatic rings. The first kappa shape index (κ1) is 21.0. The Hall–Kier alpha value is -2.77. The van der Waals surface area contributed by atoms with Gasteiger partial charge in [-0.25, -0.2) is 4.39 Å². The predicted octanol–water partition coefficient (Wildman–Crippen LogP) is 5.34. The molecule has 2 N–H and O–H groups in total. The molecule has 148 valence electrons. The second kappa shape index (κ2) is 10.1. The molecule has 0 saturated heterocycles. The molecule has 0 aliphatic heterocycles. The van der Waals surface area contributed by atoms with E-state index < -0.39 is 11.7 Å². The van der Waals surface area contributed by atoms with Gasteiger partial charge in [0.25, 0.3) is 5.91 Å². The van der Waals surface area contributed by atoms with Crippen LogP contribution in [0.4, 0.5) is 10.1 Å². The Morgan fingerprint density at radius 1 is 1.03 bits per heavy atom. The van der Waals surface area contributed by atoms with Crippen LogP contribution in [0.2, 0.25) is 0 Å². The number of nitrogens with one attached hydrogen (secondary N) is 2. The quantitative estimate of drug-likeness (QED) is 0.475. The van der Waals surface area contributed by atoms with Crippen LogP contribution in [0.3, 0.4) is 0 Å². The molecule has 7 heteroatoms. The molecular weight excluding hydrogens is 455 g/mol. The third kappa shape index (κ3) is 6.10. The minimum absolute atomic E-state index is 0.00434. The van der Waals surface area contributed by atoms with Gasteiger partial charge in [0.15, 0.2) is 5.11 Å². The lowest BCUT2D eigenvalue weighted by atomic mass is 10.1. The van der Waals surface area contributed by atoms with Crippen LogP contribution in [0, 0.1) is 5.82 Å². The first-order valence-electron chi connectivity index (χ1n) is 8.86. The zero-order chi connectivity index (χ0) is 20.6. The molecule has 0 saturated carbocycles. The number of carbonyl (C=O) groups is 1. The summed E-state index contributed by atoms with van der Waals surface area (Å²) in [6.45, 7) is 0.420. The number of anilines is 1. The zero-order valence-corrected chi connectivity index (χ0v) is 17.7. The van der Waals surface area contributed by atoms with E-state index in [0.29, 0.717) is 24.3 Å². The van der Waals surface area contributed by atoms with E-state index in [1.54, 1.807) is 30.3 Å². The van der Waals surface area contributed by atoms with E-state index in [0.717, 1.165) is 10.0 Å². The monoisotopic (exact) mass is 472 g/mol. The Balaban J connectivity index is 1.65. The first-order chi connectivity index (χ1) is 14.0. The van der Waals surface area contributed by atoms with Gasteiger partial charge in [0.2, 0.25) is 0 Å². The largest absolute Gasteiger partial charge is 0.492 e. The molecule has 0 fully saturated rings. The number of para-hydroxylation sites is 1. The standard InChI is InChI=1S/C22H18BrFN2O2S/c23-16-10-11-20(28-13-12-15-6-2-1-3-7-15)17(14-16)21(27)26-22(29)25-19-9-5-4-8-18(19)24/h1-11,14H,12-13H2,(H2,25,26,27,29). The number of hydrogen-bond donors (Lipinski definition) is 2. The normalized spacial score (nSPS) is 10.3. The summed E-state index contributed by atoms with van der Waals surface area (Å²) >= 11 is 8.50. The number of ether oxygens (including phenoxy) is 1. The lowest BCUT2D eigenvalue weighted by Crippen LogP contribution is -2.34. The fraction of sp³-hybridized carbons (Fsp3) is 0.0909. The molecule has 3 aromatic rings. The molecule has 4 nitrogen and oxygen atoms in total. The average Bonchev–Trinajstić information content (AvgIpc) is 2.71. The third-order valence-corrected chi connectivity index (χ3v) is 4.72. The number of halogens is 2. The van der Waals surface area contributed by atoms with Crippen molar-refractivity contribution in [2.75, 3.05) is 11.9 Å². The van der Waals surface area contributed by atoms with E-state index in [-0.39, 0.29) is 10.8 Å². The molecule has 0 heterocycles. The number of amides is 1. The van der Waals surface area contributed by atoms with E-state index in [9.17, 15) is 9.18 Å². The second-order valence-corrected chi connectivity index (χ2v) is 7.44. The van der Waals surface area contributed by atoms with Crippen molar-refractivity contribution in [3.63, 3.8) is 0 Å². The number of carbonyl (C=O) groups excluding carboxylic acids is 1. The Bertz CT molecular complexity index is 1010. The average molecular weight is 473 g/mol. The lowest BCUT2D eigenvalue weighted by molar-refractivity contribution is 0.0973. The van der Waals surface area contributed by atoms with Crippen LogP contribution in [-0.4, -0.2) is 17.6 Å². The van der Waals surface area contributed by atoms with Crippen molar-refractivity contribution in [2.24, 2.45) is 0 Å². The summed E-state index contributed by atoms with van der Waals surface area (Å²) in [5.41, 5.74) is 1.65. The second-order valence-electron chi connectivity index (χ2n) is 6.11. The van der Waals surface area contributed by atoms with Gasteiger partial charge in [-0.15, -0.1) is 0 Å². The fourth-order valence-electron chi connectivity index (χ4n) is 2.62. The highest BCUT2D eigenvalue weighted by molar-refractivity contribution is 9.10. The molecule has 0 aromatic heterocycles. The molecule has 0 atom stereocenters. The molecule has 0 aliphatic carbocycles. The van der Waals surface area contributed by atoms with E-state index in [4.69, 9.17) is 17.0 Å². The predicted molar refractivity (Wildman–Crippen MR) is 120 cm³/mol. The summed E-state index contributed by atoms with van der Waals surface area (Å²) < 4.78 is 20.3. The van der Waals surface area contributed by atoms with Gasteiger partial charge < -0.3 is 10.1 Å².